The number of furan rings is 1. The Morgan fingerprint density at radius 1 is 1.07 bits per heavy atom. The largest absolute Gasteiger partial charge is 0.496 e. The number of methoxy groups -OCH3 is 1. The van der Waals surface area contributed by atoms with Crippen molar-refractivity contribution >= 4 is 5.91 Å². The summed E-state index contributed by atoms with van der Waals surface area (Å²) in [6, 6.07) is 16.7. The van der Waals surface area contributed by atoms with Gasteiger partial charge in [-0.1, -0.05) is 18.2 Å². The molecule has 6 heteroatoms. The smallest absolute Gasteiger partial charge is 0.287 e. The fourth-order valence-electron chi connectivity index (χ4n) is 2.57. The van der Waals surface area contributed by atoms with E-state index < -0.39 is 0 Å². The maximum Gasteiger partial charge on any atom is 0.287 e. The molecule has 0 fully saturated rings. The average Bonchev–Trinajstić information content (AvgIpc) is 3.17. The van der Waals surface area contributed by atoms with Crippen LogP contribution in [0.4, 0.5) is 4.39 Å². The lowest BCUT2D eigenvalue weighted by Crippen LogP contribution is -2.25. The van der Waals surface area contributed by atoms with Crippen LogP contribution in [0.3, 0.4) is 0 Å². The Morgan fingerprint density at radius 3 is 2.63 bits per heavy atom. The van der Waals surface area contributed by atoms with E-state index in [4.69, 9.17) is 13.9 Å². The molecule has 5 nitrogen and oxygen atoms in total. The van der Waals surface area contributed by atoms with Crippen LogP contribution in [0.1, 0.15) is 21.9 Å². The number of nitrogens with one attached hydrogen (secondary N) is 1. The van der Waals surface area contributed by atoms with Crippen LogP contribution in [-0.2, 0) is 13.0 Å². The summed E-state index contributed by atoms with van der Waals surface area (Å²) in [6.07, 6.45) is 0.650. The molecule has 0 saturated heterocycles. The summed E-state index contributed by atoms with van der Waals surface area (Å²) in [5, 5.41) is 2.82. The third-order valence-corrected chi connectivity index (χ3v) is 3.95. The fraction of sp³-hybridized carbons (Fsp3) is 0.190. The summed E-state index contributed by atoms with van der Waals surface area (Å²) in [7, 11) is 1.62. The Kier molecular flexibility index (Phi) is 6.10. The van der Waals surface area contributed by atoms with Gasteiger partial charge in [0.2, 0.25) is 0 Å². The number of benzene rings is 2. The molecule has 0 aliphatic carbocycles. The molecule has 1 heterocycles. The minimum absolute atomic E-state index is 0.153. The number of carbonyl (C=O) groups is 1. The molecule has 27 heavy (non-hydrogen) atoms. The van der Waals surface area contributed by atoms with E-state index in [1.165, 1.54) is 24.3 Å². The number of para-hydroxylation sites is 1. The second kappa shape index (κ2) is 8.89. The molecule has 1 amide bonds. The first-order valence-electron chi connectivity index (χ1n) is 8.53. The summed E-state index contributed by atoms with van der Waals surface area (Å²) in [6.45, 7) is 0.613. The van der Waals surface area contributed by atoms with Gasteiger partial charge in [0, 0.05) is 6.54 Å². The molecule has 0 spiro atoms. The first kappa shape index (κ1) is 18.5. The van der Waals surface area contributed by atoms with Gasteiger partial charge < -0.3 is 19.2 Å². The van der Waals surface area contributed by atoms with Crippen LogP contribution < -0.4 is 14.8 Å². The zero-order chi connectivity index (χ0) is 19.1. The summed E-state index contributed by atoms with van der Waals surface area (Å²) in [5.41, 5.74) is 1.02. The van der Waals surface area contributed by atoms with E-state index in [9.17, 15) is 9.18 Å². The molecule has 2 aromatic carbocycles. The Hall–Kier alpha value is -3.28. The summed E-state index contributed by atoms with van der Waals surface area (Å²) in [5.74, 6) is 1.42. The molecule has 0 bridgehead atoms. The predicted molar refractivity (Wildman–Crippen MR) is 98.5 cm³/mol. The van der Waals surface area contributed by atoms with Crippen molar-refractivity contribution in [2.75, 3.05) is 13.7 Å². The van der Waals surface area contributed by atoms with Crippen LogP contribution in [0.2, 0.25) is 0 Å². The number of halogens is 1. The molecule has 0 radical (unpaired) electrons. The van der Waals surface area contributed by atoms with Crippen LogP contribution in [0.5, 0.6) is 11.5 Å². The summed E-state index contributed by atoms with van der Waals surface area (Å²) >= 11 is 0. The lowest BCUT2D eigenvalue weighted by Gasteiger charge is -2.08. The molecular formula is C21H20FNO4. The van der Waals surface area contributed by atoms with Crippen molar-refractivity contribution < 1.29 is 23.1 Å². The van der Waals surface area contributed by atoms with Gasteiger partial charge in [0.1, 0.15) is 29.7 Å². The maximum absolute atomic E-state index is 12.9. The van der Waals surface area contributed by atoms with Crippen LogP contribution in [0, 0.1) is 5.82 Å². The molecule has 0 saturated carbocycles. The van der Waals surface area contributed by atoms with Gasteiger partial charge in [0.05, 0.1) is 7.11 Å². The average molecular weight is 369 g/mol. The second-order valence-electron chi connectivity index (χ2n) is 5.83. The number of amides is 1. The molecule has 3 aromatic rings. The number of ether oxygens (including phenoxy) is 2. The standard InChI is InChI=1S/C21H20FNO4/c1-25-19-5-3-2-4-15(19)12-13-23-21(24)20-11-10-18(27-20)14-26-17-8-6-16(22)7-9-17/h2-11H,12-14H2,1H3,(H,23,24). The normalized spacial score (nSPS) is 10.4. The quantitative estimate of drug-likeness (QED) is 0.652. The highest BCUT2D eigenvalue weighted by Gasteiger charge is 2.11. The van der Waals surface area contributed by atoms with Crippen molar-refractivity contribution in [2.45, 2.75) is 13.0 Å². The van der Waals surface area contributed by atoms with E-state index in [1.54, 1.807) is 19.2 Å². The molecule has 0 atom stereocenters. The minimum Gasteiger partial charge on any atom is -0.496 e. The third-order valence-electron chi connectivity index (χ3n) is 3.95. The number of rotatable bonds is 8. The number of hydrogen-bond donors (Lipinski definition) is 1. The summed E-state index contributed by atoms with van der Waals surface area (Å²) < 4.78 is 29.2. The van der Waals surface area contributed by atoms with Gasteiger partial charge in [-0.2, -0.15) is 0 Å². The first-order chi connectivity index (χ1) is 13.2. The van der Waals surface area contributed by atoms with E-state index >= 15 is 0 Å². The Balaban J connectivity index is 1.48. The van der Waals surface area contributed by atoms with Crippen molar-refractivity contribution in [2.24, 2.45) is 0 Å². The van der Waals surface area contributed by atoms with E-state index in [-0.39, 0.29) is 24.1 Å². The van der Waals surface area contributed by atoms with Crippen LogP contribution >= 0.6 is 0 Å². The zero-order valence-electron chi connectivity index (χ0n) is 14.9. The first-order valence-corrected chi connectivity index (χ1v) is 8.53. The molecule has 0 aliphatic heterocycles. The van der Waals surface area contributed by atoms with Crippen molar-refractivity contribution in [3.8, 4) is 11.5 Å². The number of hydrogen-bond acceptors (Lipinski definition) is 4. The molecular weight excluding hydrogens is 349 g/mol. The minimum atomic E-state index is -0.326. The lowest BCUT2D eigenvalue weighted by atomic mass is 10.1. The van der Waals surface area contributed by atoms with Gasteiger partial charge in [-0.15, -0.1) is 0 Å². The second-order valence-corrected chi connectivity index (χ2v) is 5.83. The zero-order valence-corrected chi connectivity index (χ0v) is 14.9. The van der Waals surface area contributed by atoms with Crippen molar-refractivity contribution in [3.63, 3.8) is 0 Å². The lowest BCUT2D eigenvalue weighted by molar-refractivity contribution is 0.0922. The van der Waals surface area contributed by atoms with Gasteiger partial charge >= 0.3 is 0 Å². The topological polar surface area (TPSA) is 60.7 Å². The van der Waals surface area contributed by atoms with Crippen LogP contribution in [0.15, 0.2) is 65.1 Å². The SMILES string of the molecule is COc1ccccc1CCNC(=O)c1ccc(COc2ccc(F)cc2)o1. The Morgan fingerprint density at radius 2 is 1.85 bits per heavy atom. The maximum atomic E-state index is 12.9. The molecule has 0 unspecified atom stereocenters. The van der Waals surface area contributed by atoms with Crippen molar-refractivity contribution in [3.05, 3.63) is 83.6 Å². The highest BCUT2D eigenvalue weighted by molar-refractivity contribution is 5.91. The van der Waals surface area contributed by atoms with Gasteiger partial charge in [-0.05, 0) is 54.4 Å². The van der Waals surface area contributed by atoms with Crippen molar-refractivity contribution in [1.82, 2.24) is 5.32 Å². The Labute approximate surface area is 156 Å². The van der Waals surface area contributed by atoms with Crippen LogP contribution in [-0.4, -0.2) is 19.6 Å². The van der Waals surface area contributed by atoms with E-state index in [2.05, 4.69) is 5.32 Å². The van der Waals surface area contributed by atoms with Crippen LogP contribution in [0.25, 0.3) is 0 Å². The number of carbonyl (C=O) groups excluding carboxylic acids is 1. The van der Waals surface area contributed by atoms with E-state index in [1.807, 2.05) is 24.3 Å². The molecule has 0 aliphatic rings. The van der Waals surface area contributed by atoms with Gasteiger partial charge in [0.15, 0.2) is 5.76 Å². The molecule has 3 rings (SSSR count). The van der Waals surface area contributed by atoms with Crippen molar-refractivity contribution in [1.29, 1.82) is 0 Å². The summed E-state index contributed by atoms with van der Waals surface area (Å²) in [4.78, 5) is 12.2. The van der Waals surface area contributed by atoms with Gasteiger partial charge in [0.25, 0.3) is 5.91 Å². The fourth-order valence-corrected chi connectivity index (χ4v) is 2.57. The van der Waals surface area contributed by atoms with E-state index in [0.29, 0.717) is 24.5 Å². The molecule has 1 N–H and O–H groups in total. The third kappa shape index (κ3) is 5.10. The monoisotopic (exact) mass is 369 g/mol. The Bertz CT molecular complexity index is 889. The van der Waals surface area contributed by atoms with Gasteiger partial charge in [-0.25, -0.2) is 4.39 Å². The molecule has 140 valence electrons. The molecule has 1 aromatic heterocycles. The highest BCUT2D eigenvalue weighted by Crippen LogP contribution is 2.18. The van der Waals surface area contributed by atoms with E-state index in [0.717, 1.165) is 11.3 Å². The predicted octanol–water partition coefficient (Wildman–Crippen LogP) is 3.98. The highest BCUT2D eigenvalue weighted by atomic mass is 19.1. The van der Waals surface area contributed by atoms with Gasteiger partial charge in [-0.3, -0.25) is 4.79 Å².